The largest absolute Gasteiger partial charge is 0.333 e. The highest BCUT2D eigenvalue weighted by Gasteiger charge is 2.14. The molecule has 0 aliphatic rings. The number of aromatic nitrogens is 2. The summed E-state index contributed by atoms with van der Waals surface area (Å²) in [7, 11) is 0. The molecule has 0 fully saturated rings. The molecule has 1 aromatic carbocycles. The lowest BCUT2D eigenvalue weighted by atomic mass is 10.1. The van der Waals surface area contributed by atoms with Crippen molar-refractivity contribution in [3.05, 3.63) is 52.5 Å². The van der Waals surface area contributed by atoms with Gasteiger partial charge in [-0.1, -0.05) is 61.9 Å². The van der Waals surface area contributed by atoms with Gasteiger partial charge in [-0.3, -0.25) is 0 Å². The van der Waals surface area contributed by atoms with Crippen LogP contribution in [0.3, 0.4) is 0 Å². The van der Waals surface area contributed by atoms with Crippen LogP contribution in [0.25, 0.3) is 0 Å². The lowest BCUT2D eigenvalue weighted by Crippen LogP contribution is -2.14. The molecule has 0 N–H and O–H groups in total. The van der Waals surface area contributed by atoms with Crippen LogP contribution in [0, 0.1) is 0 Å². The van der Waals surface area contributed by atoms with E-state index >= 15 is 0 Å². The zero-order valence-corrected chi connectivity index (χ0v) is 16.6. The number of halogens is 2. The minimum absolute atomic E-state index is 0.367. The summed E-state index contributed by atoms with van der Waals surface area (Å²) >= 11 is 14.4. The quantitative estimate of drug-likeness (QED) is 0.402. The van der Waals surface area contributed by atoms with Crippen molar-refractivity contribution in [2.24, 2.45) is 0 Å². The van der Waals surface area contributed by atoms with E-state index in [-0.39, 0.29) is 0 Å². The zero-order chi connectivity index (χ0) is 17.2. The van der Waals surface area contributed by atoms with Crippen LogP contribution in [-0.4, -0.2) is 21.1 Å². The molecule has 2 nitrogen and oxygen atoms in total. The van der Waals surface area contributed by atoms with Gasteiger partial charge in [0.25, 0.3) is 0 Å². The molecule has 0 aliphatic carbocycles. The Morgan fingerprint density at radius 2 is 2.00 bits per heavy atom. The second-order valence-corrected chi connectivity index (χ2v) is 8.09. The summed E-state index contributed by atoms with van der Waals surface area (Å²) in [6.45, 7) is 2.26. The SMILES string of the molecule is CCCCCCCSCC(Cc1ccc(Cl)cc1Cl)n1ccnc1. The van der Waals surface area contributed by atoms with Gasteiger partial charge in [-0.05, 0) is 36.3 Å². The highest BCUT2D eigenvalue weighted by molar-refractivity contribution is 7.99. The Bertz CT molecular complexity index is 587. The monoisotopic (exact) mass is 384 g/mol. The van der Waals surface area contributed by atoms with Gasteiger partial charge in [0.2, 0.25) is 0 Å². The van der Waals surface area contributed by atoms with Gasteiger partial charge >= 0.3 is 0 Å². The van der Waals surface area contributed by atoms with Gasteiger partial charge in [-0.2, -0.15) is 11.8 Å². The third-order valence-corrected chi connectivity index (χ3v) is 5.90. The van der Waals surface area contributed by atoms with Crippen LogP contribution in [0.2, 0.25) is 10.0 Å². The Hall–Kier alpha value is -0.640. The number of thioether (sulfide) groups is 1. The zero-order valence-electron chi connectivity index (χ0n) is 14.3. The number of rotatable bonds is 11. The van der Waals surface area contributed by atoms with E-state index in [0.717, 1.165) is 22.8 Å². The second kappa shape index (κ2) is 11.1. The highest BCUT2D eigenvalue weighted by atomic mass is 35.5. The molecule has 0 radical (unpaired) electrons. The first kappa shape index (κ1) is 19.7. The fourth-order valence-corrected chi connectivity index (χ4v) is 4.33. The maximum absolute atomic E-state index is 6.35. The van der Waals surface area contributed by atoms with Gasteiger partial charge in [0, 0.05) is 34.2 Å². The molecule has 1 atom stereocenters. The fraction of sp³-hybridized carbons (Fsp3) is 0.526. The normalized spacial score (nSPS) is 12.5. The van der Waals surface area contributed by atoms with Crippen LogP contribution >= 0.6 is 35.0 Å². The Morgan fingerprint density at radius 3 is 2.71 bits per heavy atom. The summed E-state index contributed by atoms with van der Waals surface area (Å²) in [6.07, 6.45) is 13.4. The maximum Gasteiger partial charge on any atom is 0.0948 e. The molecule has 0 aliphatic heterocycles. The number of unbranched alkanes of at least 4 members (excludes halogenated alkanes) is 4. The molecule has 24 heavy (non-hydrogen) atoms. The minimum Gasteiger partial charge on any atom is -0.333 e. The molecule has 1 heterocycles. The van der Waals surface area contributed by atoms with E-state index < -0.39 is 0 Å². The smallest absolute Gasteiger partial charge is 0.0948 e. The molecular formula is C19H26Cl2N2S. The van der Waals surface area contributed by atoms with Gasteiger partial charge in [-0.25, -0.2) is 4.98 Å². The molecular weight excluding hydrogens is 359 g/mol. The average molecular weight is 385 g/mol. The molecule has 2 rings (SSSR count). The van der Waals surface area contributed by atoms with Crippen molar-refractivity contribution in [3.63, 3.8) is 0 Å². The molecule has 2 aromatic rings. The van der Waals surface area contributed by atoms with E-state index in [0.29, 0.717) is 11.1 Å². The molecule has 132 valence electrons. The maximum atomic E-state index is 6.35. The molecule has 0 spiro atoms. The Balaban J connectivity index is 1.87. The van der Waals surface area contributed by atoms with Gasteiger partial charge < -0.3 is 4.57 Å². The van der Waals surface area contributed by atoms with Gasteiger partial charge in [0.05, 0.1) is 6.33 Å². The number of imidazole rings is 1. The number of hydrogen-bond acceptors (Lipinski definition) is 2. The van der Waals surface area contributed by atoms with Crippen LogP contribution in [0.4, 0.5) is 0 Å². The predicted octanol–water partition coefficient (Wildman–Crippen LogP) is 6.68. The van der Waals surface area contributed by atoms with E-state index in [1.54, 1.807) is 0 Å². The van der Waals surface area contributed by atoms with E-state index in [4.69, 9.17) is 23.2 Å². The molecule has 0 amide bonds. The first-order valence-electron chi connectivity index (χ1n) is 8.69. The lowest BCUT2D eigenvalue weighted by molar-refractivity contribution is 0.552. The second-order valence-electron chi connectivity index (χ2n) is 6.09. The third kappa shape index (κ3) is 6.70. The summed E-state index contributed by atoms with van der Waals surface area (Å²) in [5.74, 6) is 2.30. The summed E-state index contributed by atoms with van der Waals surface area (Å²) in [5, 5.41) is 1.43. The number of nitrogens with zero attached hydrogens (tertiary/aromatic N) is 2. The molecule has 1 unspecified atom stereocenters. The average Bonchev–Trinajstić information content (AvgIpc) is 3.09. The van der Waals surface area contributed by atoms with Crippen LogP contribution in [0.15, 0.2) is 36.9 Å². The lowest BCUT2D eigenvalue weighted by Gasteiger charge is -2.19. The van der Waals surface area contributed by atoms with E-state index in [2.05, 4.69) is 16.5 Å². The van der Waals surface area contributed by atoms with Crippen LogP contribution in [0.1, 0.15) is 50.6 Å². The third-order valence-electron chi connectivity index (χ3n) is 4.12. The summed E-state index contributed by atoms with van der Waals surface area (Å²) in [4.78, 5) is 4.20. The first-order chi connectivity index (χ1) is 11.7. The molecule has 0 saturated carbocycles. The Labute approximate surface area is 160 Å². The van der Waals surface area contributed by atoms with E-state index in [1.165, 1.54) is 37.9 Å². The highest BCUT2D eigenvalue weighted by Crippen LogP contribution is 2.27. The van der Waals surface area contributed by atoms with Crippen LogP contribution < -0.4 is 0 Å². The summed E-state index contributed by atoms with van der Waals surface area (Å²) in [6, 6.07) is 6.13. The van der Waals surface area contributed by atoms with Gasteiger partial charge in [0.1, 0.15) is 0 Å². The molecule has 0 saturated heterocycles. The molecule has 1 aromatic heterocycles. The minimum atomic E-state index is 0.367. The van der Waals surface area contributed by atoms with Gasteiger partial charge in [0.15, 0.2) is 0 Å². The standard InChI is InChI=1S/C19H26Cl2N2S/c1-2-3-4-5-6-11-24-14-18(23-10-9-22-15-23)12-16-7-8-17(20)13-19(16)21/h7-10,13,15,18H,2-6,11-12,14H2,1H3. The topological polar surface area (TPSA) is 17.8 Å². The van der Waals surface area contributed by atoms with Crippen molar-refractivity contribution in [2.75, 3.05) is 11.5 Å². The number of benzene rings is 1. The Kier molecular flexibility index (Phi) is 9.08. The molecule has 0 bridgehead atoms. The molecule has 5 heteroatoms. The van der Waals surface area contributed by atoms with Crippen molar-refractivity contribution in [2.45, 2.75) is 51.5 Å². The summed E-state index contributed by atoms with van der Waals surface area (Å²) < 4.78 is 2.19. The first-order valence-corrected chi connectivity index (χ1v) is 10.6. The van der Waals surface area contributed by atoms with Crippen molar-refractivity contribution < 1.29 is 0 Å². The van der Waals surface area contributed by atoms with Crippen molar-refractivity contribution >= 4 is 35.0 Å². The van der Waals surface area contributed by atoms with Crippen molar-refractivity contribution in [1.82, 2.24) is 9.55 Å². The summed E-state index contributed by atoms with van der Waals surface area (Å²) in [5.41, 5.74) is 1.14. The van der Waals surface area contributed by atoms with Gasteiger partial charge in [-0.15, -0.1) is 0 Å². The van der Waals surface area contributed by atoms with E-state index in [9.17, 15) is 0 Å². The van der Waals surface area contributed by atoms with Crippen LogP contribution in [0.5, 0.6) is 0 Å². The Morgan fingerprint density at radius 1 is 1.17 bits per heavy atom. The van der Waals surface area contributed by atoms with E-state index in [1.807, 2.05) is 48.7 Å². The number of hydrogen-bond donors (Lipinski definition) is 0. The fourth-order valence-electron chi connectivity index (χ4n) is 2.70. The van der Waals surface area contributed by atoms with Crippen LogP contribution in [-0.2, 0) is 6.42 Å². The predicted molar refractivity (Wildman–Crippen MR) is 108 cm³/mol. The van der Waals surface area contributed by atoms with Crippen molar-refractivity contribution in [1.29, 1.82) is 0 Å². The van der Waals surface area contributed by atoms with Crippen molar-refractivity contribution in [3.8, 4) is 0 Å².